The van der Waals surface area contributed by atoms with E-state index in [4.69, 9.17) is 14.0 Å². The Kier molecular flexibility index (Phi) is 6.27. The molecule has 142 valence electrons. The van der Waals surface area contributed by atoms with Crippen LogP contribution >= 0.6 is 0 Å². The summed E-state index contributed by atoms with van der Waals surface area (Å²) in [7, 11) is 1.30. The van der Waals surface area contributed by atoms with Crippen molar-refractivity contribution in [3.8, 4) is 0 Å². The van der Waals surface area contributed by atoms with Crippen molar-refractivity contribution in [2.75, 3.05) is 20.2 Å². The third-order valence-corrected chi connectivity index (χ3v) is 4.77. The molecule has 0 aliphatic carbocycles. The lowest BCUT2D eigenvalue weighted by molar-refractivity contribution is 0.00578. The zero-order valence-corrected chi connectivity index (χ0v) is 16.3. The number of rotatable bonds is 6. The molecule has 1 aromatic carbocycles. The van der Waals surface area contributed by atoms with Gasteiger partial charge in [0, 0.05) is 6.54 Å². The van der Waals surface area contributed by atoms with Gasteiger partial charge >= 0.3 is 13.1 Å². The van der Waals surface area contributed by atoms with Crippen LogP contribution in [-0.2, 0) is 14.0 Å². The summed E-state index contributed by atoms with van der Waals surface area (Å²) in [5.74, 6) is -1.28. The summed E-state index contributed by atoms with van der Waals surface area (Å²) >= 11 is 0. The highest BCUT2D eigenvalue weighted by atomic mass is 19.1. The fourth-order valence-corrected chi connectivity index (χ4v) is 2.61. The standard InChI is InChI=1S/C19H27BFNO4/c1-7-24-17(23)15-11-13(8-9-16(15)21)10-14(12-22-6)20-25-18(2,3)19(4,5)26-20/h8-11,22H,7,12H2,1-6H3. The summed E-state index contributed by atoms with van der Waals surface area (Å²) in [6.07, 6.45) is 1.85. The van der Waals surface area contributed by atoms with Crippen molar-refractivity contribution >= 4 is 19.2 Å². The maximum Gasteiger partial charge on any atom is 0.491 e. The van der Waals surface area contributed by atoms with Gasteiger partial charge in [0.25, 0.3) is 0 Å². The number of carbonyl (C=O) groups is 1. The number of likely N-dealkylation sites (N-methyl/N-ethyl adjacent to an activating group) is 1. The summed E-state index contributed by atoms with van der Waals surface area (Å²) in [6, 6.07) is 4.35. The van der Waals surface area contributed by atoms with Crippen LogP contribution < -0.4 is 5.32 Å². The molecular formula is C19H27BFNO4. The van der Waals surface area contributed by atoms with Crippen molar-refractivity contribution in [1.82, 2.24) is 5.32 Å². The zero-order valence-electron chi connectivity index (χ0n) is 16.3. The van der Waals surface area contributed by atoms with E-state index in [-0.39, 0.29) is 12.2 Å². The van der Waals surface area contributed by atoms with E-state index in [9.17, 15) is 9.18 Å². The van der Waals surface area contributed by atoms with Gasteiger partial charge in [0.1, 0.15) is 5.82 Å². The van der Waals surface area contributed by atoms with Crippen LogP contribution in [-0.4, -0.2) is 44.5 Å². The molecule has 5 nitrogen and oxygen atoms in total. The summed E-state index contributed by atoms with van der Waals surface area (Å²) in [5.41, 5.74) is 0.535. The molecule has 0 unspecified atom stereocenters. The Labute approximate surface area is 155 Å². The molecular weight excluding hydrogens is 336 g/mol. The van der Waals surface area contributed by atoms with Crippen LogP contribution in [0.4, 0.5) is 4.39 Å². The monoisotopic (exact) mass is 363 g/mol. The second-order valence-corrected chi connectivity index (χ2v) is 7.30. The molecule has 0 aromatic heterocycles. The topological polar surface area (TPSA) is 56.8 Å². The van der Waals surface area contributed by atoms with E-state index in [0.29, 0.717) is 12.1 Å². The highest BCUT2D eigenvalue weighted by Gasteiger charge is 2.52. The minimum atomic E-state index is -0.675. The fourth-order valence-electron chi connectivity index (χ4n) is 2.61. The van der Waals surface area contributed by atoms with E-state index in [0.717, 1.165) is 5.47 Å². The minimum Gasteiger partial charge on any atom is -0.462 e. The molecule has 26 heavy (non-hydrogen) atoms. The normalized spacial score (nSPS) is 18.9. The van der Waals surface area contributed by atoms with E-state index < -0.39 is 30.1 Å². The van der Waals surface area contributed by atoms with Gasteiger partial charge in [-0.15, -0.1) is 0 Å². The molecule has 1 aliphatic heterocycles. The number of nitrogens with one attached hydrogen (secondary N) is 1. The first-order chi connectivity index (χ1) is 12.1. The van der Waals surface area contributed by atoms with Gasteiger partial charge in [-0.3, -0.25) is 0 Å². The van der Waals surface area contributed by atoms with Crippen LogP contribution in [0.25, 0.3) is 6.08 Å². The molecule has 1 N–H and O–H groups in total. The van der Waals surface area contributed by atoms with Gasteiger partial charge in [-0.2, -0.15) is 0 Å². The Morgan fingerprint density at radius 1 is 1.27 bits per heavy atom. The summed E-state index contributed by atoms with van der Waals surface area (Å²) < 4.78 is 31.0. The van der Waals surface area contributed by atoms with E-state index in [2.05, 4.69) is 5.32 Å². The molecule has 1 fully saturated rings. The Morgan fingerprint density at radius 3 is 2.42 bits per heavy atom. The number of hydrogen-bond acceptors (Lipinski definition) is 5. The van der Waals surface area contributed by atoms with Crippen LogP contribution in [0, 0.1) is 5.82 Å². The maximum atomic E-state index is 13.9. The van der Waals surface area contributed by atoms with Gasteiger partial charge in [0.05, 0.1) is 23.4 Å². The molecule has 7 heteroatoms. The first kappa shape index (κ1) is 20.6. The smallest absolute Gasteiger partial charge is 0.462 e. The zero-order chi connectivity index (χ0) is 19.5. The van der Waals surface area contributed by atoms with Gasteiger partial charge < -0.3 is 19.4 Å². The van der Waals surface area contributed by atoms with Crippen molar-refractivity contribution in [2.45, 2.75) is 45.8 Å². The number of ether oxygens (including phenoxy) is 1. The number of benzene rings is 1. The predicted molar refractivity (Wildman–Crippen MR) is 100 cm³/mol. The predicted octanol–water partition coefficient (Wildman–Crippen LogP) is 3.24. The average molecular weight is 363 g/mol. The molecule has 1 aromatic rings. The third kappa shape index (κ3) is 4.34. The Balaban J connectivity index is 2.35. The fraction of sp³-hybridized carbons (Fsp3) is 0.526. The minimum absolute atomic E-state index is 0.0849. The largest absolute Gasteiger partial charge is 0.491 e. The van der Waals surface area contributed by atoms with Crippen molar-refractivity contribution in [2.24, 2.45) is 0 Å². The molecule has 1 saturated heterocycles. The second-order valence-electron chi connectivity index (χ2n) is 7.30. The molecule has 1 heterocycles. The molecule has 0 radical (unpaired) electrons. The first-order valence-corrected chi connectivity index (χ1v) is 8.78. The molecule has 1 aliphatic rings. The molecule has 0 amide bonds. The van der Waals surface area contributed by atoms with Crippen LogP contribution in [0.1, 0.15) is 50.5 Å². The molecule has 0 spiro atoms. The first-order valence-electron chi connectivity index (χ1n) is 8.78. The van der Waals surface area contributed by atoms with Crippen LogP contribution in [0.5, 0.6) is 0 Å². The molecule has 0 bridgehead atoms. The highest BCUT2D eigenvalue weighted by Crippen LogP contribution is 2.38. The number of hydrogen-bond donors (Lipinski definition) is 1. The molecule has 2 rings (SSSR count). The molecule has 0 atom stereocenters. The maximum absolute atomic E-state index is 13.9. The van der Waals surface area contributed by atoms with E-state index >= 15 is 0 Å². The van der Waals surface area contributed by atoms with Gasteiger partial charge in [-0.25, -0.2) is 9.18 Å². The van der Waals surface area contributed by atoms with Crippen LogP contribution in [0.15, 0.2) is 23.7 Å². The Bertz CT molecular complexity index is 687. The van der Waals surface area contributed by atoms with Gasteiger partial charge in [-0.05, 0) is 64.8 Å². The number of esters is 1. The van der Waals surface area contributed by atoms with Gasteiger partial charge in [-0.1, -0.05) is 12.1 Å². The molecule has 0 saturated carbocycles. The van der Waals surface area contributed by atoms with Crippen molar-refractivity contribution in [3.05, 3.63) is 40.6 Å². The SMILES string of the molecule is CCOC(=O)c1cc(C=C(CNC)B2OC(C)(C)C(C)(C)O2)ccc1F. The van der Waals surface area contributed by atoms with Crippen molar-refractivity contribution in [1.29, 1.82) is 0 Å². The number of halogens is 1. The summed E-state index contributed by atoms with van der Waals surface area (Å²) in [5, 5.41) is 3.09. The average Bonchev–Trinajstić information content (AvgIpc) is 2.77. The highest BCUT2D eigenvalue weighted by molar-refractivity contribution is 6.55. The van der Waals surface area contributed by atoms with Crippen molar-refractivity contribution < 1.29 is 23.2 Å². The van der Waals surface area contributed by atoms with Gasteiger partial charge in [0.2, 0.25) is 0 Å². The lowest BCUT2D eigenvalue weighted by Crippen LogP contribution is -2.41. The lowest BCUT2D eigenvalue weighted by atomic mass is 9.77. The Morgan fingerprint density at radius 2 is 1.88 bits per heavy atom. The van der Waals surface area contributed by atoms with Crippen molar-refractivity contribution in [3.63, 3.8) is 0 Å². The second kappa shape index (κ2) is 7.90. The summed E-state index contributed by atoms with van der Waals surface area (Å²) in [6.45, 7) is 10.4. The third-order valence-electron chi connectivity index (χ3n) is 4.77. The van der Waals surface area contributed by atoms with Crippen LogP contribution in [0.3, 0.4) is 0 Å². The van der Waals surface area contributed by atoms with Crippen LogP contribution in [0.2, 0.25) is 0 Å². The van der Waals surface area contributed by atoms with Gasteiger partial charge in [0.15, 0.2) is 0 Å². The van der Waals surface area contributed by atoms with E-state index in [1.807, 2.05) is 40.8 Å². The van der Waals surface area contributed by atoms with E-state index in [1.165, 1.54) is 12.1 Å². The lowest BCUT2D eigenvalue weighted by Gasteiger charge is -2.32. The quantitative estimate of drug-likeness (QED) is 0.621. The number of carbonyl (C=O) groups excluding carboxylic acids is 1. The summed E-state index contributed by atoms with van der Waals surface area (Å²) in [4.78, 5) is 11.9. The Hall–Kier alpha value is -1.70. The van der Waals surface area contributed by atoms with E-state index in [1.54, 1.807) is 13.0 Å².